The molecule has 0 saturated heterocycles. The number of hydrogen-bond donors (Lipinski definition) is 0. The van der Waals surface area contributed by atoms with Crippen LogP contribution in [0.3, 0.4) is 0 Å². The summed E-state index contributed by atoms with van der Waals surface area (Å²) in [7, 11) is 0. The van der Waals surface area contributed by atoms with Crippen molar-refractivity contribution in [3.63, 3.8) is 0 Å². The highest BCUT2D eigenvalue weighted by atomic mass is 16.5. The SMILES string of the molecule is CC(C)CCOC1CCC(c2ccc(-c3ccc(C#N)cc3)cc2)CC1. The monoisotopic (exact) mass is 347 g/mol. The molecule has 0 atom stereocenters. The van der Waals surface area contributed by atoms with Crippen molar-refractivity contribution in [1.82, 2.24) is 0 Å². The van der Waals surface area contributed by atoms with Gasteiger partial charge in [-0.15, -0.1) is 0 Å². The summed E-state index contributed by atoms with van der Waals surface area (Å²) in [6.07, 6.45) is 6.44. The predicted octanol–water partition coefficient (Wildman–Crippen LogP) is 6.31. The Morgan fingerprint density at radius 1 is 0.923 bits per heavy atom. The summed E-state index contributed by atoms with van der Waals surface area (Å²) >= 11 is 0. The van der Waals surface area contributed by atoms with Crippen molar-refractivity contribution >= 4 is 0 Å². The molecule has 26 heavy (non-hydrogen) atoms. The van der Waals surface area contributed by atoms with E-state index in [2.05, 4.69) is 44.2 Å². The largest absolute Gasteiger partial charge is 0.378 e. The van der Waals surface area contributed by atoms with Crippen LogP contribution in [0.15, 0.2) is 48.5 Å². The number of nitriles is 1. The standard InChI is InChI=1S/C24H29NO/c1-18(2)15-16-26-24-13-11-23(12-14-24)22-9-7-21(8-10-22)20-5-3-19(17-25)4-6-20/h3-10,18,23-24H,11-16H2,1-2H3. The summed E-state index contributed by atoms with van der Waals surface area (Å²) in [6, 6.07) is 18.9. The second-order valence-electron chi connectivity index (χ2n) is 7.84. The molecule has 2 aromatic rings. The van der Waals surface area contributed by atoms with Crippen LogP contribution in [0.1, 0.15) is 63.0 Å². The van der Waals surface area contributed by atoms with Gasteiger partial charge in [-0.1, -0.05) is 50.2 Å². The van der Waals surface area contributed by atoms with Crippen molar-refractivity contribution in [1.29, 1.82) is 5.26 Å². The van der Waals surface area contributed by atoms with E-state index >= 15 is 0 Å². The van der Waals surface area contributed by atoms with E-state index in [0.717, 1.165) is 24.5 Å². The van der Waals surface area contributed by atoms with Crippen LogP contribution in [0.2, 0.25) is 0 Å². The van der Waals surface area contributed by atoms with E-state index in [1.54, 1.807) is 0 Å². The maximum absolute atomic E-state index is 8.91. The average molecular weight is 348 g/mol. The van der Waals surface area contributed by atoms with E-state index in [1.165, 1.54) is 36.8 Å². The van der Waals surface area contributed by atoms with Crippen LogP contribution in [-0.4, -0.2) is 12.7 Å². The highest BCUT2D eigenvalue weighted by Crippen LogP contribution is 2.35. The molecule has 0 bridgehead atoms. The van der Waals surface area contributed by atoms with Crippen molar-refractivity contribution < 1.29 is 4.74 Å². The van der Waals surface area contributed by atoms with Gasteiger partial charge in [-0.3, -0.25) is 0 Å². The van der Waals surface area contributed by atoms with Gasteiger partial charge in [-0.2, -0.15) is 5.26 Å². The summed E-state index contributed by atoms with van der Waals surface area (Å²) in [5.41, 5.74) is 4.53. The van der Waals surface area contributed by atoms with E-state index in [9.17, 15) is 0 Å². The predicted molar refractivity (Wildman–Crippen MR) is 107 cm³/mol. The zero-order valence-corrected chi connectivity index (χ0v) is 15.9. The first kappa shape index (κ1) is 18.7. The Morgan fingerprint density at radius 3 is 2.04 bits per heavy atom. The summed E-state index contributed by atoms with van der Waals surface area (Å²) in [5.74, 6) is 1.39. The fourth-order valence-corrected chi connectivity index (χ4v) is 3.72. The molecule has 0 aliphatic heterocycles. The van der Waals surface area contributed by atoms with Crippen molar-refractivity contribution in [3.05, 3.63) is 59.7 Å². The van der Waals surface area contributed by atoms with Crippen molar-refractivity contribution in [2.45, 2.75) is 58.0 Å². The summed E-state index contributed by atoms with van der Waals surface area (Å²) < 4.78 is 6.05. The Bertz CT molecular complexity index is 716. The lowest BCUT2D eigenvalue weighted by Gasteiger charge is -2.29. The molecule has 0 unspecified atom stereocenters. The minimum Gasteiger partial charge on any atom is -0.378 e. The molecule has 0 N–H and O–H groups in total. The van der Waals surface area contributed by atoms with Gasteiger partial charge in [0, 0.05) is 6.61 Å². The molecular weight excluding hydrogens is 318 g/mol. The van der Waals surface area contributed by atoms with Gasteiger partial charge in [0.15, 0.2) is 0 Å². The van der Waals surface area contributed by atoms with Crippen LogP contribution < -0.4 is 0 Å². The number of benzene rings is 2. The number of nitrogens with zero attached hydrogens (tertiary/aromatic N) is 1. The van der Waals surface area contributed by atoms with Crippen LogP contribution in [0.5, 0.6) is 0 Å². The minimum absolute atomic E-state index is 0.461. The normalized spacial score (nSPS) is 20.1. The first-order chi connectivity index (χ1) is 12.7. The highest BCUT2D eigenvalue weighted by molar-refractivity contribution is 5.64. The van der Waals surface area contributed by atoms with Gasteiger partial charge < -0.3 is 4.74 Å². The van der Waals surface area contributed by atoms with Gasteiger partial charge >= 0.3 is 0 Å². The molecule has 1 saturated carbocycles. The Kier molecular flexibility index (Phi) is 6.47. The van der Waals surface area contributed by atoms with Crippen LogP contribution in [-0.2, 0) is 4.74 Å². The van der Waals surface area contributed by atoms with E-state index in [1.807, 2.05) is 24.3 Å². The Labute approximate surface area is 157 Å². The smallest absolute Gasteiger partial charge is 0.0991 e. The first-order valence-electron chi connectivity index (χ1n) is 9.88. The molecule has 1 aliphatic rings. The topological polar surface area (TPSA) is 33.0 Å². The minimum atomic E-state index is 0.461. The lowest BCUT2D eigenvalue weighted by molar-refractivity contribution is 0.0194. The molecule has 1 aliphatic carbocycles. The Balaban J connectivity index is 1.54. The molecule has 136 valence electrons. The van der Waals surface area contributed by atoms with E-state index in [0.29, 0.717) is 17.6 Å². The maximum Gasteiger partial charge on any atom is 0.0991 e. The lowest BCUT2D eigenvalue weighted by Crippen LogP contribution is -2.21. The number of rotatable bonds is 6. The zero-order valence-electron chi connectivity index (χ0n) is 15.9. The number of hydrogen-bond acceptors (Lipinski definition) is 2. The molecule has 0 heterocycles. The second kappa shape index (κ2) is 9.01. The molecule has 1 fully saturated rings. The van der Waals surface area contributed by atoms with Gasteiger partial charge in [0.25, 0.3) is 0 Å². The van der Waals surface area contributed by atoms with Gasteiger partial charge in [-0.05, 0) is 72.8 Å². The summed E-state index contributed by atoms with van der Waals surface area (Å²) in [4.78, 5) is 0. The lowest BCUT2D eigenvalue weighted by atomic mass is 9.82. The Morgan fingerprint density at radius 2 is 1.50 bits per heavy atom. The van der Waals surface area contributed by atoms with Crippen molar-refractivity contribution in [3.8, 4) is 17.2 Å². The first-order valence-corrected chi connectivity index (χ1v) is 9.88. The fourth-order valence-electron chi connectivity index (χ4n) is 3.72. The average Bonchev–Trinajstić information content (AvgIpc) is 2.68. The number of ether oxygens (including phenoxy) is 1. The van der Waals surface area contributed by atoms with Crippen LogP contribution in [0.4, 0.5) is 0 Å². The van der Waals surface area contributed by atoms with E-state index < -0.39 is 0 Å². The highest BCUT2D eigenvalue weighted by Gasteiger charge is 2.22. The third-order valence-electron chi connectivity index (χ3n) is 5.45. The molecule has 3 rings (SSSR count). The van der Waals surface area contributed by atoms with Crippen LogP contribution in [0.25, 0.3) is 11.1 Å². The Hall–Kier alpha value is -2.11. The summed E-state index contributed by atoms with van der Waals surface area (Å²) in [5, 5.41) is 8.91. The fraction of sp³-hybridized carbons (Fsp3) is 0.458. The second-order valence-corrected chi connectivity index (χ2v) is 7.84. The summed E-state index contributed by atoms with van der Waals surface area (Å²) in [6.45, 7) is 5.41. The molecule has 2 nitrogen and oxygen atoms in total. The third-order valence-corrected chi connectivity index (χ3v) is 5.45. The quantitative estimate of drug-likeness (QED) is 0.613. The third kappa shape index (κ3) is 4.96. The van der Waals surface area contributed by atoms with Crippen molar-refractivity contribution in [2.24, 2.45) is 5.92 Å². The van der Waals surface area contributed by atoms with E-state index in [-0.39, 0.29) is 0 Å². The molecule has 0 spiro atoms. The van der Waals surface area contributed by atoms with Gasteiger partial charge in [0.05, 0.1) is 17.7 Å². The molecule has 2 heteroatoms. The molecular formula is C24H29NO. The molecule has 2 aromatic carbocycles. The zero-order chi connectivity index (χ0) is 18.4. The molecule has 0 aromatic heterocycles. The van der Waals surface area contributed by atoms with Gasteiger partial charge in [0.1, 0.15) is 0 Å². The van der Waals surface area contributed by atoms with Crippen LogP contribution >= 0.6 is 0 Å². The van der Waals surface area contributed by atoms with E-state index in [4.69, 9.17) is 10.00 Å². The molecule has 0 radical (unpaired) electrons. The van der Waals surface area contributed by atoms with Gasteiger partial charge in [0.2, 0.25) is 0 Å². The maximum atomic E-state index is 8.91. The van der Waals surface area contributed by atoms with Gasteiger partial charge in [-0.25, -0.2) is 0 Å². The van der Waals surface area contributed by atoms with Crippen molar-refractivity contribution in [2.75, 3.05) is 6.61 Å². The molecule has 0 amide bonds. The van der Waals surface area contributed by atoms with Crippen LogP contribution in [0, 0.1) is 17.2 Å².